The van der Waals surface area contributed by atoms with E-state index < -0.39 is 12.0 Å². The zero-order chi connectivity index (χ0) is 11.5. The fourth-order valence-corrected chi connectivity index (χ4v) is 1.90. The van der Waals surface area contributed by atoms with Crippen molar-refractivity contribution in [3.8, 4) is 5.88 Å². The molecule has 2 heterocycles. The molecule has 0 unspecified atom stereocenters. The van der Waals surface area contributed by atoms with Gasteiger partial charge in [-0.25, -0.2) is 14.8 Å². The zero-order valence-corrected chi connectivity index (χ0v) is 8.96. The van der Waals surface area contributed by atoms with Crippen molar-refractivity contribution in [2.24, 2.45) is 0 Å². The quantitative estimate of drug-likeness (QED) is 0.806. The van der Waals surface area contributed by atoms with E-state index in [1.807, 2.05) is 0 Å². The van der Waals surface area contributed by atoms with Gasteiger partial charge >= 0.3 is 5.97 Å². The Kier molecular flexibility index (Phi) is 2.89. The molecule has 0 saturated carbocycles. The van der Waals surface area contributed by atoms with Gasteiger partial charge in [0.15, 0.2) is 0 Å². The summed E-state index contributed by atoms with van der Waals surface area (Å²) in [6.07, 6.45) is 2.90. The molecule has 1 fully saturated rings. The van der Waals surface area contributed by atoms with Crippen molar-refractivity contribution in [3.63, 3.8) is 0 Å². The lowest BCUT2D eigenvalue weighted by Gasteiger charge is -2.22. The summed E-state index contributed by atoms with van der Waals surface area (Å²) < 4.78 is 4.98. The highest BCUT2D eigenvalue weighted by Gasteiger charge is 2.31. The lowest BCUT2D eigenvalue weighted by atomic mass is 10.2. The van der Waals surface area contributed by atoms with Crippen LogP contribution in [-0.4, -0.2) is 40.7 Å². The number of rotatable bonds is 3. The van der Waals surface area contributed by atoms with Crippen LogP contribution in [0.2, 0.25) is 0 Å². The largest absolute Gasteiger partial charge is 0.481 e. The van der Waals surface area contributed by atoms with E-state index >= 15 is 0 Å². The molecule has 0 amide bonds. The van der Waals surface area contributed by atoms with Gasteiger partial charge in [0, 0.05) is 12.6 Å². The number of hydrogen-bond donors (Lipinski definition) is 1. The third-order valence-corrected chi connectivity index (χ3v) is 2.67. The lowest BCUT2D eigenvalue weighted by Crippen LogP contribution is -2.36. The van der Waals surface area contributed by atoms with E-state index in [4.69, 9.17) is 9.84 Å². The van der Waals surface area contributed by atoms with Crippen LogP contribution in [-0.2, 0) is 4.79 Å². The van der Waals surface area contributed by atoms with Crippen LogP contribution in [0, 0.1) is 0 Å². The number of ether oxygens (including phenoxy) is 1. The van der Waals surface area contributed by atoms with Crippen LogP contribution in [0.15, 0.2) is 12.4 Å². The molecule has 0 spiro atoms. The number of anilines is 1. The maximum absolute atomic E-state index is 11.0. The van der Waals surface area contributed by atoms with Crippen LogP contribution in [0.4, 0.5) is 5.82 Å². The van der Waals surface area contributed by atoms with Gasteiger partial charge in [0.25, 0.3) is 0 Å². The fraction of sp³-hybridized carbons (Fsp3) is 0.500. The third-order valence-electron chi connectivity index (χ3n) is 2.67. The van der Waals surface area contributed by atoms with Crippen molar-refractivity contribution in [3.05, 3.63) is 12.4 Å². The molecular formula is C10H13N3O3. The number of hydrogen-bond acceptors (Lipinski definition) is 5. The molecule has 16 heavy (non-hydrogen) atoms. The Morgan fingerprint density at radius 1 is 1.62 bits per heavy atom. The van der Waals surface area contributed by atoms with Crippen molar-refractivity contribution in [2.75, 3.05) is 18.6 Å². The summed E-state index contributed by atoms with van der Waals surface area (Å²) >= 11 is 0. The molecule has 1 aromatic heterocycles. The average molecular weight is 223 g/mol. The highest BCUT2D eigenvalue weighted by Crippen LogP contribution is 2.25. The predicted octanol–water partition coefficient (Wildman–Crippen LogP) is 0.539. The molecule has 0 aromatic carbocycles. The average Bonchev–Trinajstić information content (AvgIpc) is 2.78. The van der Waals surface area contributed by atoms with Crippen LogP contribution in [0.3, 0.4) is 0 Å². The number of aromatic nitrogens is 2. The number of carboxylic acid groups (broad SMARTS) is 1. The minimum Gasteiger partial charge on any atom is -0.481 e. The van der Waals surface area contributed by atoms with Crippen LogP contribution in [0.5, 0.6) is 5.88 Å². The summed E-state index contributed by atoms with van der Waals surface area (Å²) in [5.41, 5.74) is 0. The predicted molar refractivity (Wildman–Crippen MR) is 56.6 cm³/mol. The number of carbonyl (C=O) groups is 1. The summed E-state index contributed by atoms with van der Waals surface area (Å²) in [5, 5.41) is 9.06. The van der Waals surface area contributed by atoms with Crippen molar-refractivity contribution < 1.29 is 14.6 Å². The first-order chi connectivity index (χ1) is 7.72. The van der Waals surface area contributed by atoms with Crippen LogP contribution in [0.25, 0.3) is 0 Å². The van der Waals surface area contributed by atoms with Gasteiger partial charge in [-0.05, 0) is 12.8 Å². The molecule has 6 nitrogen and oxygen atoms in total. The Morgan fingerprint density at radius 3 is 3.12 bits per heavy atom. The van der Waals surface area contributed by atoms with Gasteiger partial charge in [0.1, 0.15) is 18.2 Å². The van der Waals surface area contributed by atoms with Crippen molar-refractivity contribution in [2.45, 2.75) is 18.9 Å². The summed E-state index contributed by atoms with van der Waals surface area (Å²) in [6.45, 7) is 0.705. The number of nitrogens with zero attached hydrogens (tertiary/aromatic N) is 3. The van der Waals surface area contributed by atoms with Gasteiger partial charge in [-0.15, -0.1) is 0 Å². The maximum Gasteiger partial charge on any atom is 0.326 e. The van der Waals surface area contributed by atoms with Gasteiger partial charge < -0.3 is 14.7 Å². The second kappa shape index (κ2) is 4.34. The summed E-state index contributed by atoms with van der Waals surface area (Å²) in [5.74, 6) is 0.243. The molecule has 0 radical (unpaired) electrons. The van der Waals surface area contributed by atoms with E-state index in [1.54, 1.807) is 11.0 Å². The Balaban J connectivity index is 2.25. The maximum atomic E-state index is 11.0. The van der Waals surface area contributed by atoms with Gasteiger partial charge in [-0.1, -0.05) is 0 Å². The zero-order valence-electron chi connectivity index (χ0n) is 8.96. The molecule has 1 N–H and O–H groups in total. The van der Waals surface area contributed by atoms with Crippen molar-refractivity contribution >= 4 is 11.8 Å². The summed E-state index contributed by atoms with van der Waals surface area (Å²) in [7, 11) is 1.52. The Bertz CT molecular complexity index is 397. The molecule has 1 aliphatic heterocycles. The Labute approximate surface area is 92.9 Å². The SMILES string of the molecule is COc1cc(N2CCC[C@H]2C(=O)O)ncn1. The fourth-order valence-electron chi connectivity index (χ4n) is 1.90. The lowest BCUT2D eigenvalue weighted by molar-refractivity contribution is -0.138. The molecule has 6 heteroatoms. The minimum absolute atomic E-state index is 0.445. The van der Waals surface area contributed by atoms with Crippen molar-refractivity contribution in [1.29, 1.82) is 0 Å². The second-order valence-electron chi connectivity index (χ2n) is 3.61. The Hall–Kier alpha value is -1.85. The van der Waals surface area contributed by atoms with E-state index in [0.717, 1.165) is 6.42 Å². The van der Waals surface area contributed by atoms with E-state index in [-0.39, 0.29) is 0 Å². The van der Waals surface area contributed by atoms with Crippen LogP contribution in [0.1, 0.15) is 12.8 Å². The molecule has 0 bridgehead atoms. The summed E-state index contributed by atoms with van der Waals surface area (Å²) in [4.78, 5) is 20.8. The normalized spacial score (nSPS) is 19.8. The van der Waals surface area contributed by atoms with E-state index in [9.17, 15) is 4.79 Å². The molecule has 1 saturated heterocycles. The molecular weight excluding hydrogens is 210 g/mol. The molecule has 1 aromatic rings. The van der Waals surface area contributed by atoms with Crippen LogP contribution < -0.4 is 9.64 Å². The molecule has 1 atom stereocenters. The highest BCUT2D eigenvalue weighted by atomic mass is 16.5. The molecule has 0 aliphatic carbocycles. The number of carboxylic acids is 1. The number of methoxy groups -OCH3 is 1. The van der Waals surface area contributed by atoms with Gasteiger partial charge in [0.2, 0.25) is 5.88 Å². The monoisotopic (exact) mass is 223 g/mol. The molecule has 86 valence electrons. The number of aliphatic carboxylic acids is 1. The van der Waals surface area contributed by atoms with Crippen molar-refractivity contribution in [1.82, 2.24) is 9.97 Å². The molecule has 2 rings (SSSR count). The van der Waals surface area contributed by atoms with E-state index in [1.165, 1.54) is 13.4 Å². The van der Waals surface area contributed by atoms with E-state index in [0.29, 0.717) is 24.7 Å². The van der Waals surface area contributed by atoms with Crippen LogP contribution >= 0.6 is 0 Å². The topological polar surface area (TPSA) is 75.5 Å². The second-order valence-corrected chi connectivity index (χ2v) is 3.61. The first kappa shape index (κ1) is 10.7. The first-order valence-electron chi connectivity index (χ1n) is 5.08. The standard InChI is InChI=1S/C10H13N3O3/c1-16-9-5-8(11-6-12-9)13-4-2-3-7(13)10(14)15/h5-7H,2-4H2,1H3,(H,14,15)/t7-/m0/s1. The highest BCUT2D eigenvalue weighted by molar-refractivity contribution is 5.78. The first-order valence-corrected chi connectivity index (χ1v) is 5.08. The van der Waals surface area contributed by atoms with E-state index in [2.05, 4.69) is 9.97 Å². The minimum atomic E-state index is -0.810. The summed E-state index contributed by atoms with van der Waals surface area (Å²) in [6, 6.07) is 1.17. The smallest absolute Gasteiger partial charge is 0.326 e. The Morgan fingerprint density at radius 2 is 2.44 bits per heavy atom. The van der Waals surface area contributed by atoms with Gasteiger partial charge in [0.05, 0.1) is 7.11 Å². The third kappa shape index (κ3) is 1.91. The van der Waals surface area contributed by atoms with Gasteiger partial charge in [-0.2, -0.15) is 0 Å². The van der Waals surface area contributed by atoms with Gasteiger partial charge in [-0.3, -0.25) is 0 Å². The molecule has 1 aliphatic rings.